The van der Waals surface area contributed by atoms with Gasteiger partial charge in [-0.05, 0) is 41.9 Å². The lowest BCUT2D eigenvalue weighted by atomic mass is 9.40. The third-order valence-corrected chi connectivity index (χ3v) is 6.74. The van der Waals surface area contributed by atoms with Crippen LogP contribution in [-0.2, 0) is 0 Å². The Balaban J connectivity index is 1.78. The van der Waals surface area contributed by atoms with Crippen molar-refractivity contribution in [2.75, 3.05) is 6.61 Å². The van der Waals surface area contributed by atoms with E-state index in [1.807, 2.05) is 0 Å². The van der Waals surface area contributed by atoms with Crippen LogP contribution in [-0.4, -0.2) is 11.7 Å². The summed E-state index contributed by atoms with van der Waals surface area (Å²) in [5, 5.41) is 9.79. The molecule has 3 aliphatic carbocycles. The van der Waals surface area contributed by atoms with Crippen LogP contribution >= 0.6 is 0 Å². The van der Waals surface area contributed by atoms with Crippen molar-refractivity contribution in [3.8, 4) is 0 Å². The van der Waals surface area contributed by atoms with Crippen LogP contribution in [0.5, 0.6) is 0 Å². The molecule has 0 saturated heterocycles. The molecule has 3 saturated carbocycles. The maximum atomic E-state index is 9.79. The molecule has 1 heteroatoms. The van der Waals surface area contributed by atoms with Crippen molar-refractivity contribution < 1.29 is 5.11 Å². The van der Waals surface area contributed by atoms with E-state index >= 15 is 0 Å². The number of rotatable bonds is 2. The van der Waals surface area contributed by atoms with E-state index in [4.69, 9.17) is 0 Å². The molecule has 1 N–H and O–H groups in total. The molecule has 1 nitrogen and oxygen atoms in total. The van der Waals surface area contributed by atoms with Gasteiger partial charge < -0.3 is 5.11 Å². The Labute approximate surface area is 112 Å². The van der Waals surface area contributed by atoms with E-state index in [9.17, 15) is 5.11 Å². The molecule has 3 rings (SSSR count). The molecule has 0 aromatic rings. The monoisotopic (exact) mass is 250 g/mol. The molecule has 1 spiro atoms. The van der Waals surface area contributed by atoms with Crippen LogP contribution in [0.15, 0.2) is 0 Å². The average molecular weight is 250 g/mol. The summed E-state index contributed by atoms with van der Waals surface area (Å²) in [6.45, 7) is 2.88. The Hall–Kier alpha value is -0.0400. The smallest absolute Gasteiger partial charge is 0.0467 e. The molecule has 0 amide bonds. The summed E-state index contributed by atoms with van der Waals surface area (Å²) in [6, 6.07) is 0. The Morgan fingerprint density at radius 1 is 0.944 bits per heavy atom. The zero-order valence-corrected chi connectivity index (χ0v) is 12.0. The average Bonchev–Trinajstić information content (AvgIpc) is 2.41. The number of hydrogen-bond donors (Lipinski definition) is 1. The highest BCUT2D eigenvalue weighted by atomic mass is 16.3. The molecule has 0 heterocycles. The van der Waals surface area contributed by atoms with Crippen molar-refractivity contribution in [3.05, 3.63) is 0 Å². The summed E-state index contributed by atoms with van der Waals surface area (Å²) in [4.78, 5) is 0. The molecule has 0 bridgehead atoms. The molecule has 3 fully saturated rings. The maximum absolute atomic E-state index is 9.79. The van der Waals surface area contributed by atoms with Crippen LogP contribution in [0.1, 0.15) is 71.1 Å². The van der Waals surface area contributed by atoms with Gasteiger partial charge in [0.05, 0.1) is 0 Å². The summed E-state index contributed by atoms with van der Waals surface area (Å²) >= 11 is 0. The highest BCUT2D eigenvalue weighted by molar-refractivity contribution is 5.08. The van der Waals surface area contributed by atoms with Crippen molar-refractivity contribution in [2.24, 2.45) is 29.1 Å². The van der Waals surface area contributed by atoms with E-state index in [0.717, 1.165) is 17.8 Å². The van der Waals surface area contributed by atoms with Gasteiger partial charge in [-0.3, -0.25) is 0 Å². The first-order valence-corrected chi connectivity index (χ1v) is 8.40. The minimum Gasteiger partial charge on any atom is -0.396 e. The van der Waals surface area contributed by atoms with Gasteiger partial charge in [0.2, 0.25) is 0 Å². The minimum atomic E-state index is 0.449. The largest absolute Gasteiger partial charge is 0.396 e. The Kier molecular flexibility index (Phi) is 3.71. The standard InChI is InChI=1S/C17H30O/c1-13-15(12-18)17(10-6-3-7-11-17)16(13)14-8-4-2-5-9-14/h13-16,18H,2-12H2,1H3/t13-,15?,16?/m1/s1. The van der Waals surface area contributed by atoms with E-state index in [2.05, 4.69) is 6.92 Å². The van der Waals surface area contributed by atoms with Gasteiger partial charge in [0.25, 0.3) is 0 Å². The lowest BCUT2D eigenvalue weighted by Crippen LogP contribution is -2.60. The van der Waals surface area contributed by atoms with Crippen molar-refractivity contribution in [2.45, 2.75) is 71.1 Å². The normalized spacial score (nSPS) is 40.7. The highest BCUT2D eigenvalue weighted by Gasteiger charge is 2.60. The van der Waals surface area contributed by atoms with Crippen LogP contribution in [0, 0.1) is 29.1 Å². The van der Waals surface area contributed by atoms with Crippen LogP contribution in [0.3, 0.4) is 0 Å². The molecule has 104 valence electrons. The van der Waals surface area contributed by atoms with Gasteiger partial charge in [-0.15, -0.1) is 0 Å². The van der Waals surface area contributed by atoms with Crippen molar-refractivity contribution in [1.29, 1.82) is 0 Å². The zero-order valence-electron chi connectivity index (χ0n) is 12.0. The number of hydrogen-bond acceptors (Lipinski definition) is 1. The fraction of sp³-hybridized carbons (Fsp3) is 1.00. The van der Waals surface area contributed by atoms with Crippen molar-refractivity contribution in [1.82, 2.24) is 0 Å². The Morgan fingerprint density at radius 2 is 1.56 bits per heavy atom. The van der Waals surface area contributed by atoms with Crippen LogP contribution in [0.25, 0.3) is 0 Å². The molecule has 0 radical (unpaired) electrons. The van der Waals surface area contributed by atoms with Crippen LogP contribution in [0.4, 0.5) is 0 Å². The molecule has 0 aliphatic heterocycles. The first-order chi connectivity index (χ1) is 8.79. The van der Waals surface area contributed by atoms with Gasteiger partial charge in [-0.25, -0.2) is 0 Å². The molecule has 0 aromatic carbocycles. The quantitative estimate of drug-likeness (QED) is 0.770. The summed E-state index contributed by atoms with van der Waals surface area (Å²) < 4.78 is 0. The predicted octanol–water partition coefficient (Wildman–Crippen LogP) is 4.39. The number of aliphatic hydroxyl groups excluding tert-OH is 1. The van der Waals surface area contributed by atoms with E-state index in [0.29, 0.717) is 17.9 Å². The number of aliphatic hydroxyl groups is 1. The van der Waals surface area contributed by atoms with E-state index in [1.54, 1.807) is 0 Å². The first-order valence-electron chi connectivity index (χ1n) is 8.40. The van der Waals surface area contributed by atoms with Gasteiger partial charge in [0.1, 0.15) is 0 Å². The maximum Gasteiger partial charge on any atom is 0.0467 e. The van der Waals surface area contributed by atoms with Crippen molar-refractivity contribution >= 4 is 0 Å². The molecule has 3 atom stereocenters. The molecular formula is C17H30O. The topological polar surface area (TPSA) is 20.2 Å². The Bertz CT molecular complexity index is 273. The molecule has 2 unspecified atom stereocenters. The second-order valence-corrected chi connectivity index (χ2v) is 7.37. The molecule has 18 heavy (non-hydrogen) atoms. The van der Waals surface area contributed by atoms with Gasteiger partial charge in [0.15, 0.2) is 0 Å². The SMILES string of the molecule is C[C@@H]1C(CO)C2(CCCCC2)C1C1CCCCC1. The van der Waals surface area contributed by atoms with Crippen LogP contribution in [0.2, 0.25) is 0 Å². The lowest BCUT2D eigenvalue weighted by Gasteiger charge is -2.65. The second kappa shape index (κ2) is 5.15. The fourth-order valence-electron chi connectivity index (χ4n) is 6.08. The second-order valence-electron chi connectivity index (χ2n) is 7.37. The summed E-state index contributed by atoms with van der Waals surface area (Å²) in [7, 11) is 0. The summed E-state index contributed by atoms with van der Waals surface area (Å²) in [5.41, 5.74) is 0.564. The summed E-state index contributed by atoms with van der Waals surface area (Å²) in [5.74, 6) is 3.37. The molecule has 3 aliphatic rings. The predicted molar refractivity (Wildman–Crippen MR) is 75.3 cm³/mol. The first kappa shape index (κ1) is 13.0. The van der Waals surface area contributed by atoms with Gasteiger partial charge in [-0.1, -0.05) is 58.3 Å². The zero-order chi connectivity index (χ0) is 12.6. The highest BCUT2D eigenvalue weighted by Crippen LogP contribution is 2.66. The third-order valence-electron chi connectivity index (χ3n) is 6.74. The molecule has 0 aromatic heterocycles. The van der Waals surface area contributed by atoms with E-state index < -0.39 is 0 Å². The van der Waals surface area contributed by atoms with Crippen molar-refractivity contribution in [3.63, 3.8) is 0 Å². The van der Waals surface area contributed by atoms with E-state index in [-0.39, 0.29) is 0 Å². The molecular weight excluding hydrogens is 220 g/mol. The van der Waals surface area contributed by atoms with E-state index in [1.165, 1.54) is 64.2 Å². The van der Waals surface area contributed by atoms with Gasteiger partial charge in [0, 0.05) is 6.61 Å². The Morgan fingerprint density at radius 3 is 2.17 bits per heavy atom. The van der Waals surface area contributed by atoms with Gasteiger partial charge in [-0.2, -0.15) is 0 Å². The lowest BCUT2D eigenvalue weighted by molar-refractivity contribution is -0.184. The minimum absolute atomic E-state index is 0.449. The summed E-state index contributed by atoms with van der Waals surface area (Å²) in [6.07, 6.45) is 14.5. The van der Waals surface area contributed by atoms with Crippen LogP contribution < -0.4 is 0 Å². The fourth-order valence-corrected chi connectivity index (χ4v) is 6.08. The third kappa shape index (κ3) is 1.85. The van der Waals surface area contributed by atoms with Gasteiger partial charge >= 0.3 is 0 Å².